The van der Waals surface area contributed by atoms with Crippen LogP contribution in [0.4, 0.5) is 5.13 Å². The summed E-state index contributed by atoms with van der Waals surface area (Å²) in [6.45, 7) is 0. The van der Waals surface area contributed by atoms with E-state index >= 15 is 0 Å². The van der Waals surface area contributed by atoms with Gasteiger partial charge in [-0.05, 0) is 19.3 Å². The van der Waals surface area contributed by atoms with E-state index in [1.165, 1.54) is 11.3 Å². The van der Waals surface area contributed by atoms with Crippen molar-refractivity contribution in [1.82, 2.24) is 4.98 Å². The van der Waals surface area contributed by atoms with E-state index in [1.54, 1.807) is 0 Å². The van der Waals surface area contributed by atoms with Gasteiger partial charge in [0.2, 0.25) is 5.91 Å². The molecule has 20 heavy (non-hydrogen) atoms. The first-order valence-corrected chi connectivity index (χ1v) is 7.68. The summed E-state index contributed by atoms with van der Waals surface area (Å²) in [7, 11) is 0. The number of rotatable bonds is 3. The summed E-state index contributed by atoms with van der Waals surface area (Å²) >= 11 is 1.48. The molecule has 102 valence electrons. The van der Waals surface area contributed by atoms with Gasteiger partial charge in [-0.15, -0.1) is 11.3 Å². The molecule has 0 spiro atoms. The summed E-state index contributed by atoms with van der Waals surface area (Å²) in [6, 6.07) is 10.00. The zero-order valence-electron chi connectivity index (χ0n) is 11.1. The number of allylic oxidation sites excluding steroid dienone is 2. The predicted molar refractivity (Wildman–Crippen MR) is 82.7 cm³/mol. The smallest absolute Gasteiger partial charge is 0.229 e. The fourth-order valence-electron chi connectivity index (χ4n) is 2.31. The lowest BCUT2D eigenvalue weighted by Gasteiger charge is -2.15. The fourth-order valence-corrected chi connectivity index (χ4v) is 3.03. The average Bonchev–Trinajstić information content (AvgIpc) is 2.97. The standard InChI is InChI=1S/C16H16N2OS/c19-15(13-9-5-2-6-10-13)18-16-17-14(11-20-16)12-7-3-1-4-8-12/h1-5,7-8,11,13H,6,9-10H2,(H,17,18,19). The number of nitrogens with zero attached hydrogens (tertiary/aromatic N) is 1. The van der Waals surface area contributed by atoms with Gasteiger partial charge in [-0.3, -0.25) is 4.79 Å². The SMILES string of the molecule is O=C(Nc1nc(-c2ccccc2)cs1)C1CC=CCC1. The number of carbonyl (C=O) groups is 1. The van der Waals surface area contributed by atoms with Crippen molar-refractivity contribution in [2.45, 2.75) is 19.3 Å². The number of amides is 1. The molecule has 1 unspecified atom stereocenters. The maximum atomic E-state index is 12.1. The van der Waals surface area contributed by atoms with Crippen LogP contribution in [0.15, 0.2) is 47.9 Å². The number of aromatic nitrogens is 1. The molecule has 1 aromatic carbocycles. The summed E-state index contributed by atoms with van der Waals surface area (Å²) < 4.78 is 0. The lowest BCUT2D eigenvalue weighted by molar-refractivity contribution is -0.120. The second-order valence-electron chi connectivity index (χ2n) is 4.87. The van der Waals surface area contributed by atoms with Gasteiger partial charge in [0.1, 0.15) is 0 Å². The van der Waals surface area contributed by atoms with E-state index in [4.69, 9.17) is 0 Å². The third-order valence-corrected chi connectivity index (χ3v) is 4.20. The Morgan fingerprint density at radius 2 is 2.10 bits per heavy atom. The van der Waals surface area contributed by atoms with Gasteiger partial charge in [-0.25, -0.2) is 4.98 Å². The molecular weight excluding hydrogens is 268 g/mol. The number of thiazole rings is 1. The summed E-state index contributed by atoms with van der Waals surface area (Å²) in [5.41, 5.74) is 1.99. The Labute approximate surface area is 122 Å². The first-order chi connectivity index (χ1) is 9.83. The van der Waals surface area contributed by atoms with Crippen LogP contribution in [0.2, 0.25) is 0 Å². The largest absolute Gasteiger partial charge is 0.302 e. The van der Waals surface area contributed by atoms with Crippen LogP contribution >= 0.6 is 11.3 Å². The molecule has 0 radical (unpaired) electrons. The van der Waals surface area contributed by atoms with Gasteiger partial charge >= 0.3 is 0 Å². The fraction of sp³-hybridized carbons (Fsp3) is 0.250. The average molecular weight is 284 g/mol. The molecule has 3 rings (SSSR count). The van der Waals surface area contributed by atoms with Crippen molar-refractivity contribution < 1.29 is 4.79 Å². The van der Waals surface area contributed by atoms with Gasteiger partial charge in [0, 0.05) is 16.9 Å². The quantitative estimate of drug-likeness (QED) is 0.862. The van der Waals surface area contributed by atoms with Crippen LogP contribution < -0.4 is 5.32 Å². The molecule has 0 saturated carbocycles. The molecule has 1 aromatic heterocycles. The molecule has 1 N–H and O–H groups in total. The van der Waals surface area contributed by atoms with E-state index in [0.717, 1.165) is 30.5 Å². The molecule has 1 heterocycles. The van der Waals surface area contributed by atoms with Crippen molar-refractivity contribution in [1.29, 1.82) is 0 Å². The molecule has 0 saturated heterocycles. The molecule has 1 atom stereocenters. The van der Waals surface area contributed by atoms with E-state index in [2.05, 4.69) is 22.5 Å². The second kappa shape index (κ2) is 6.01. The zero-order valence-corrected chi connectivity index (χ0v) is 11.9. The van der Waals surface area contributed by atoms with Crippen molar-refractivity contribution >= 4 is 22.4 Å². The van der Waals surface area contributed by atoms with Gasteiger partial charge in [0.25, 0.3) is 0 Å². The Morgan fingerprint density at radius 1 is 1.25 bits per heavy atom. The van der Waals surface area contributed by atoms with E-state index < -0.39 is 0 Å². The highest BCUT2D eigenvalue weighted by Gasteiger charge is 2.19. The van der Waals surface area contributed by atoms with Gasteiger partial charge in [0.05, 0.1) is 5.69 Å². The number of benzene rings is 1. The molecule has 1 amide bonds. The Kier molecular flexibility index (Phi) is 3.92. The maximum Gasteiger partial charge on any atom is 0.229 e. The number of anilines is 1. The lowest BCUT2D eigenvalue weighted by atomic mass is 9.94. The van der Waals surface area contributed by atoms with E-state index in [0.29, 0.717) is 5.13 Å². The summed E-state index contributed by atoms with van der Waals surface area (Å²) in [5, 5.41) is 5.60. The van der Waals surface area contributed by atoms with Crippen molar-refractivity contribution in [3.63, 3.8) is 0 Å². The van der Waals surface area contributed by atoms with Crippen LogP contribution in [-0.2, 0) is 4.79 Å². The highest BCUT2D eigenvalue weighted by Crippen LogP contribution is 2.26. The Bertz CT molecular complexity index is 618. The number of hydrogen-bond acceptors (Lipinski definition) is 3. The van der Waals surface area contributed by atoms with Gasteiger partial charge < -0.3 is 5.32 Å². The minimum atomic E-state index is 0.0864. The summed E-state index contributed by atoms with van der Waals surface area (Å²) in [5.74, 6) is 0.174. The van der Waals surface area contributed by atoms with Crippen LogP contribution in [0, 0.1) is 5.92 Å². The van der Waals surface area contributed by atoms with Crippen LogP contribution in [-0.4, -0.2) is 10.9 Å². The monoisotopic (exact) mass is 284 g/mol. The topological polar surface area (TPSA) is 42.0 Å². The van der Waals surface area contributed by atoms with Crippen LogP contribution in [0.25, 0.3) is 11.3 Å². The number of carbonyl (C=O) groups excluding carboxylic acids is 1. The van der Waals surface area contributed by atoms with E-state index in [-0.39, 0.29) is 11.8 Å². The van der Waals surface area contributed by atoms with Crippen molar-refractivity contribution in [2.75, 3.05) is 5.32 Å². The second-order valence-corrected chi connectivity index (χ2v) is 5.73. The highest BCUT2D eigenvalue weighted by molar-refractivity contribution is 7.14. The van der Waals surface area contributed by atoms with E-state index in [1.807, 2.05) is 35.7 Å². The summed E-state index contributed by atoms with van der Waals surface area (Å²) in [6.07, 6.45) is 6.99. The third kappa shape index (κ3) is 2.96. The zero-order chi connectivity index (χ0) is 13.8. The maximum absolute atomic E-state index is 12.1. The molecule has 1 aliphatic carbocycles. The molecule has 2 aromatic rings. The molecule has 1 aliphatic rings. The van der Waals surface area contributed by atoms with Gasteiger partial charge in [-0.2, -0.15) is 0 Å². The molecule has 4 heteroatoms. The molecule has 3 nitrogen and oxygen atoms in total. The molecule has 0 fully saturated rings. The normalized spacial score (nSPS) is 17.9. The van der Waals surface area contributed by atoms with Gasteiger partial charge in [0.15, 0.2) is 5.13 Å². The van der Waals surface area contributed by atoms with Crippen molar-refractivity contribution in [3.05, 3.63) is 47.9 Å². The lowest BCUT2D eigenvalue weighted by Crippen LogP contribution is -2.23. The minimum absolute atomic E-state index is 0.0864. The van der Waals surface area contributed by atoms with Crippen molar-refractivity contribution in [3.8, 4) is 11.3 Å². The minimum Gasteiger partial charge on any atom is -0.302 e. The van der Waals surface area contributed by atoms with Crippen LogP contribution in [0.5, 0.6) is 0 Å². The Morgan fingerprint density at radius 3 is 2.85 bits per heavy atom. The number of hydrogen-bond donors (Lipinski definition) is 1. The van der Waals surface area contributed by atoms with Crippen molar-refractivity contribution in [2.24, 2.45) is 5.92 Å². The van der Waals surface area contributed by atoms with E-state index in [9.17, 15) is 4.79 Å². The molecule has 0 bridgehead atoms. The first kappa shape index (κ1) is 13.1. The molecular formula is C16H16N2OS. The first-order valence-electron chi connectivity index (χ1n) is 6.80. The Balaban J connectivity index is 1.68. The third-order valence-electron chi connectivity index (χ3n) is 3.44. The van der Waals surface area contributed by atoms with Crippen LogP contribution in [0.3, 0.4) is 0 Å². The predicted octanol–water partition coefficient (Wildman–Crippen LogP) is 4.10. The highest BCUT2D eigenvalue weighted by atomic mass is 32.1. The van der Waals surface area contributed by atoms with Crippen LogP contribution in [0.1, 0.15) is 19.3 Å². The number of nitrogens with one attached hydrogen (secondary N) is 1. The Hall–Kier alpha value is -1.94. The van der Waals surface area contributed by atoms with Gasteiger partial charge in [-0.1, -0.05) is 42.5 Å². The molecule has 0 aliphatic heterocycles. The summed E-state index contributed by atoms with van der Waals surface area (Å²) in [4.78, 5) is 16.6.